The van der Waals surface area contributed by atoms with Gasteiger partial charge in [0.25, 0.3) is 0 Å². The lowest BCUT2D eigenvalue weighted by molar-refractivity contribution is -0.128. The van der Waals surface area contributed by atoms with Gasteiger partial charge >= 0.3 is 0 Å². The number of amides is 1. The highest BCUT2D eigenvalue weighted by Gasteiger charge is 2.40. The summed E-state index contributed by atoms with van der Waals surface area (Å²) in [4.78, 5) is 19.3. The molecule has 0 saturated heterocycles. The maximum Gasteiger partial charge on any atom is 0.246 e. The number of carbonyl (C=O) groups excluding carboxylic acids is 1. The van der Waals surface area contributed by atoms with Gasteiger partial charge in [0.05, 0.1) is 12.3 Å². The summed E-state index contributed by atoms with van der Waals surface area (Å²) in [6.45, 7) is 6.92. The first kappa shape index (κ1) is 14.8. The van der Waals surface area contributed by atoms with Gasteiger partial charge in [0, 0.05) is 13.0 Å². The first-order chi connectivity index (χ1) is 10.7. The zero-order chi connectivity index (χ0) is 15.5. The van der Waals surface area contributed by atoms with Gasteiger partial charge in [-0.3, -0.25) is 4.79 Å². The van der Waals surface area contributed by atoms with Gasteiger partial charge in [0.15, 0.2) is 0 Å². The van der Waals surface area contributed by atoms with Crippen LogP contribution in [0.4, 0.5) is 0 Å². The third-order valence-electron chi connectivity index (χ3n) is 4.40. The smallest absolute Gasteiger partial charge is 0.246 e. The van der Waals surface area contributed by atoms with E-state index in [1.54, 1.807) is 0 Å². The molecule has 0 N–H and O–H groups in total. The minimum absolute atomic E-state index is 0.0159. The summed E-state index contributed by atoms with van der Waals surface area (Å²) in [7, 11) is 0. The predicted molar refractivity (Wildman–Crippen MR) is 86.7 cm³/mol. The number of hydrogen-bond donors (Lipinski definition) is 0. The third kappa shape index (κ3) is 3.38. The van der Waals surface area contributed by atoms with Gasteiger partial charge in [-0.05, 0) is 36.8 Å². The van der Waals surface area contributed by atoms with Gasteiger partial charge < -0.3 is 9.74 Å². The number of nitrogens with zero attached hydrogens (tertiary/aromatic N) is 2. The predicted octanol–water partition coefficient (Wildman–Crippen LogP) is 2.97. The van der Waals surface area contributed by atoms with Crippen LogP contribution in [0.15, 0.2) is 48.1 Å². The van der Waals surface area contributed by atoms with E-state index in [0.29, 0.717) is 18.4 Å². The van der Waals surface area contributed by atoms with Gasteiger partial charge in [0.2, 0.25) is 5.91 Å². The van der Waals surface area contributed by atoms with Crippen LogP contribution in [-0.4, -0.2) is 35.7 Å². The van der Waals surface area contributed by atoms with Crippen molar-refractivity contribution >= 4 is 11.6 Å². The van der Waals surface area contributed by atoms with Crippen molar-refractivity contribution in [2.45, 2.75) is 31.8 Å². The Bertz CT molecular complexity index is 582. The monoisotopic (exact) mass is 298 g/mol. The van der Waals surface area contributed by atoms with Gasteiger partial charge in [-0.2, -0.15) is 0 Å². The third-order valence-corrected chi connectivity index (χ3v) is 4.40. The van der Waals surface area contributed by atoms with E-state index in [2.05, 4.69) is 36.0 Å². The van der Waals surface area contributed by atoms with Crippen molar-refractivity contribution in [3.8, 4) is 0 Å². The molecule has 22 heavy (non-hydrogen) atoms. The standard InChI is InChI=1S/C18H22N2O2/c1-3-18(21)20(12-16-9-13(2)19-22-16)11-15-10-17(15)14-7-5-4-6-8-14/h3-8,15-17H,1,9-12H2,2H3/t15-,16?,17-/m0/s1. The van der Waals surface area contributed by atoms with Crippen LogP contribution in [0.5, 0.6) is 0 Å². The molecule has 1 saturated carbocycles. The summed E-state index contributed by atoms with van der Waals surface area (Å²) in [6, 6.07) is 10.5. The highest BCUT2D eigenvalue weighted by atomic mass is 16.6. The lowest BCUT2D eigenvalue weighted by atomic mass is 10.1. The van der Waals surface area contributed by atoms with Crippen LogP contribution in [0.25, 0.3) is 0 Å². The lowest BCUT2D eigenvalue weighted by Crippen LogP contribution is -2.38. The summed E-state index contributed by atoms with van der Waals surface area (Å²) >= 11 is 0. The van der Waals surface area contributed by atoms with E-state index in [4.69, 9.17) is 4.84 Å². The molecule has 3 rings (SSSR count). The Hall–Kier alpha value is -2.10. The molecule has 2 aliphatic rings. The Kier molecular flexibility index (Phi) is 4.27. The maximum atomic E-state index is 12.1. The normalized spacial score (nSPS) is 26.0. The van der Waals surface area contributed by atoms with E-state index in [1.807, 2.05) is 17.9 Å². The molecule has 0 bridgehead atoms. The molecule has 1 aliphatic heterocycles. The topological polar surface area (TPSA) is 41.9 Å². The second kappa shape index (κ2) is 6.34. The molecule has 0 aromatic heterocycles. The largest absolute Gasteiger partial charge is 0.390 e. The second-order valence-corrected chi connectivity index (χ2v) is 6.22. The van der Waals surface area contributed by atoms with E-state index in [1.165, 1.54) is 11.6 Å². The zero-order valence-electron chi connectivity index (χ0n) is 12.9. The summed E-state index contributed by atoms with van der Waals surface area (Å²) in [5.41, 5.74) is 2.36. The average molecular weight is 298 g/mol. The molecular weight excluding hydrogens is 276 g/mol. The number of rotatable bonds is 6. The maximum absolute atomic E-state index is 12.1. The molecule has 1 aliphatic carbocycles. The Balaban J connectivity index is 1.57. The zero-order valence-corrected chi connectivity index (χ0v) is 12.9. The van der Waals surface area contributed by atoms with Gasteiger partial charge in [-0.25, -0.2) is 0 Å². The quantitative estimate of drug-likeness (QED) is 0.758. The molecular formula is C18H22N2O2. The molecule has 1 amide bonds. The number of hydrogen-bond acceptors (Lipinski definition) is 3. The SMILES string of the molecule is C=CC(=O)N(CC1CC(C)=NO1)C[C@@H]1C[C@H]1c1ccccc1. The summed E-state index contributed by atoms with van der Waals surface area (Å²) in [6.07, 6.45) is 3.32. The van der Waals surface area contributed by atoms with E-state index in [9.17, 15) is 4.79 Å². The summed E-state index contributed by atoms with van der Waals surface area (Å²) < 4.78 is 0. The fourth-order valence-electron chi connectivity index (χ4n) is 3.14. The van der Waals surface area contributed by atoms with Gasteiger partial charge in [-0.15, -0.1) is 0 Å². The number of benzene rings is 1. The van der Waals surface area contributed by atoms with Crippen LogP contribution in [0.3, 0.4) is 0 Å². The second-order valence-electron chi connectivity index (χ2n) is 6.22. The molecule has 1 unspecified atom stereocenters. The average Bonchev–Trinajstić information content (AvgIpc) is 3.19. The molecule has 1 aromatic rings. The van der Waals surface area contributed by atoms with E-state index in [0.717, 1.165) is 25.1 Å². The Labute approximate surface area is 131 Å². The highest BCUT2D eigenvalue weighted by molar-refractivity contribution is 5.87. The van der Waals surface area contributed by atoms with Crippen molar-refractivity contribution in [3.05, 3.63) is 48.6 Å². The van der Waals surface area contributed by atoms with Crippen molar-refractivity contribution in [3.63, 3.8) is 0 Å². The van der Waals surface area contributed by atoms with E-state index >= 15 is 0 Å². The lowest BCUT2D eigenvalue weighted by Gasteiger charge is -2.23. The molecule has 0 spiro atoms. The minimum atomic E-state index is -0.0214. The van der Waals surface area contributed by atoms with Crippen molar-refractivity contribution in [1.29, 1.82) is 0 Å². The van der Waals surface area contributed by atoms with Crippen LogP contribution in [0.1, 0.15) is 31.2 Å². The fraction of sp³-hybridized carbons (Fsp3) is 0.444. The first-order valence-corrected chi connectivity index (χ1v) is 7.83. The highest BCUT2D eigenvalue weighted by Crippen LogP contribution is 2.47. The molecule has 1 aromatic carbocycles. The van der Waals surface area contributed by atoms with Crippen LogP contribution in [0, 0.1) is 5.92 Å². The minimum Gasteiger partial charge on any atom is -0.390 e. The number of oxime groups is 1. The summed E-state index contributed by atoms with van der Waals surface area (Å²) in [5, 5.41) is 3.97. The van der Waals surface area contributed by atoms with Gasteiger partial charge in [-0.1, -0.05) is 42.1 Å². The molecule has 0 radical (unpaired) electrons. The molecule has 3 atom stereocenters. The van der Waals surface area contributed by atoms with Crippen LogP contribution >= 0.6 is 0 Å². The van der Waals surface area contributed by atoms with Crippen LogP contribution in [-0.2, 0) is 9.63 Å². The Morgan fingerprint density at radius 1 is 1.41 bits per heavy atom. The Morgan fingerprint density at radius 3 is 2.82 bits per heavy atom. The van der Waals surface area contributed by atoms with Crippen molar-refractivity contribution in [1.82, 2.24) is 4.90 Å². The van der Waals surface area contributed by atoms with Crippen LogP contribution in [0.2, 0.25) is 0 Å². The summed E-state index contributed by atoms with van der Waals surface area (Å²) in [5.74, 6) is 1.09. The van der Waals surface area contributed by atoms with E-state index in [-0.39, 0.29) is 12.0 Å². The molecule has 4 nitrogen and oxygen atoms in total. The molecule has 1 heterocycles. The van der Waals surface area contributed by atoms with Crippen molar-refractivity contribution in [2.24, 2.45) is 11.1 Å². The molecule has 4 heteroatoms. The van der Waals surface area contributed by atoms with Crippen LogP contribution < -0.4 is 0 Å². The van der Waals surface area contributed by atoms with Gasteiger partial charge in [0.1, 0.15) is 6.10 Å². The molecule has 116 valence electrons. The van der Waals surface area contributed by atoms with Crippen molar-refractivity contribution in [2.75, 3.05) is 13.1 Å². The Morgan fingerprint density at radius 2 is 2.18 bits per heavy atom. The molecule has 1 fully saturated rings. The van der Waals surface area contributed by atoms with Crippen molar-refractivity contribution < 1.29 is 9.63 Å². The first-order valence-electron chi connectivity index (χ1n) is 7.83. The number of carbonyl (C=O) groups is 1. The fourth-order valence-corrected chi connectivity index (χ4v) is 3.14. The van der Waals surface area contributed by atoms with E-state index < -0.39 is 0 Å².